The number of para-hydroxylation sites is 1. The first-order chi connectivity index (χ1) is 13.2. The van der Waals surface area contributed by atoms with Crippen LogP contribution in [0, 0.1) is 0 Å². The predicted molar refractivity (Wildman–Crippen MR) is 104 cm³/mol. The monoisotopic (exact) mass is 361 g/mol. The molecule has 1 aromatic heterocycles. The van der Waals surface area contributed by atoms with Crippen molar-refractivity contribution in [2.45, 2.75) is 25.3 Å². The number of amides is 1. The number of primary amides is 1. The lowest BCUT2D eigenvalue weighted by molar-refractivity contribution is 0.1000. The van der Waals surface area contributed by atoms with Crippen molar-refractivity contribution in [2.75, 3.05) is 13.1 Å². The molecule has 0 unspecified atom stereocenters. The Bertz CT molecular complexity index is 913. The normalized spacial score (nSPS) is 15.7. The number of piperidine rings is 1. The van der Waals surface area contributed by atoms with Crippen molar-refractivity contribution in [3.63, 3.8) is 0 Å². The van der Waals surface area contributed by atoms with Crippen LogP contribution in [0.4, 0.5) is 0 Å². The molecule has 1 aliphatic rings. The molecule has 6 nitrogen and oxygen atoms in total. The fourth-order valence-electron chi connectivity index (χ4n) is 3.68. The minimum atomic E-state index is -0.365. The van der Waals surface area contributed by atoms with Gasteiger partial charge in [0.2, 0.25) is 5.91 Å². The molecular formula is C21H23N5O. The Labute approximate surface area is 158 Å². The van der Waals surface area contributed by atoms with Crippen molar-refractivity contribution in [3.8, 4) is 5.69 Å². The molecule has 2 aromatic carbocycles. The second kappa shape index (κ2) is 7.72. The molecule has 0 saturated carbocycles. The number of nitrogens with zero attached hydrogens (tertiary/aromatic N) is 4. The van der Waals surface area contributed by atoms with E-state index >= 15 is 0 Å². The molecule has 27 heavy (non-hydrogen) atoms. The summed E-state index contributed by atoms with van der Waals surface area (Å²) in [6.07, 6.45) is 4.13. The van der Waals surface area contributed by atoms with Gasteiger partial charge in [-0.2, -0.15) is 0 Å². The van der Waals surface area contributed by atoms with Gasteiger partial charge in [-0.1, -0.05) is 35.5 Å². The zero-order chi connectivity index (χ0) is 18.6. The van der Waals surface area contributed by atoms with Crippen LogP contribution in [0.2, 0.25) is 0 Å². The molecule has 0 spiro atoms. The fraction of sp³-hybridized carbons (Fsp3) is 0.286. The molecule has 0 aliphatic carbocycles. The number of rotatable bonds is 5. The summed E-state index contributed by atoms with van der Waals surface area (Å²) in [7, 11) is 0. The highest BCUT2D eigenvalue weighted by molar-refractivity contribution is 5.92. The number of carbonyl (C=O) groups is 1. The molecule has 4 rings (SSSR count). The van der Waals surface area contributed by atoms with Crippen LogP contribution in [0.1, 0.15) is 40.4 Å². The van der Waals surface area contributed by atoms with Crippen molar-refractivity contribution >= 4 is 5.91 Å². The van der Waals surface area contributed by atoms with E-state index in [-0.39, 0.29) is 5.91 Å². The van der Waals surface area contributed by atoms with Gasteiger partial charge < -0.3 is 5.73 Å². The van der Waals surface area contributed by atoms with Crippen molar-refractivity contribution < 1.29 is 4.79 Å². The fourth-order valence-corrected chi connectivity index (χ4v) is 3.68. The van der Waals surface area contributed by atoms with Crippen LogP contribution < -0.4 is 5.73 Å². The van der Waals surface area contributed by atoms with E-state index in [0.29, 0.717) is 11.5 Å². The summed E-state index contributed by atoms with van der Waals surface area (Å²) < 4.78 is 1.82. The molecule has 1 fully saturated rings. The van der Waals surface area contributed by atoms with Gasteiger partial charge in [-0.05, 0) is 61.7 Å². The van der Waals surface area contributed by atoms with Crippen LogP contribution in [-0.2, 0) is 6.54 Å². The zero-order valence-corrected chi connectivity index (χ0v) is 15.2. The SMILES string of the molecule is NC(=O)c1cccc(C2CCN(Cc3cn(-c4ccccc4)nn3)CC2)c1. The molecule has 1 amide bonds. The lowest BCUT2D eigenvalue weighted by Crippen LogP contribution is -2.32. The summed E-state index contributed by atoms with van der Waals surface area (Å²) in [6, 6.07) is 17.7. The third-order valence-electron chi connectivity index (χ3n) is 5.18. The second-order valence-corrected chi connectivity index (χ2v) is 7.03. The van der Waals surface area contributed by atoms with E-state index in [2.05, 4.69) is 21.3 Å². The number of nitrogens with two attached hydrogens (primary N) is 1. The first kappa shape index (κ1) is 17.4. The van der Waals surface area contributed by atoms with Gasteiger partial charge in [0.25, 0.3) is 0 Å². The summed E-state index contributed by atoms with van der Waals surface area (Å²) >= 11 is 0. The molecule has 2 N–H and O–H groups in total. The summed E-state index contributed by atoms with van der Waals surface area (Å²) in [5, 5.41) is 8.55. The Morgan fingerprint density at radius 3 is 2.59 bits per heavy atom. The number of hydrogen-bond donors (Lipinski definition) is 1. The maximum Gasteiger partial charge on any atom is 0.248 e. The average molecular weight is 361 g/mol. The Balaban J connectivity index is 1.35. The molecule has 3 aromatic rings. The first-order valence-electron chi connectivity index (χ1n) is 9.28. The highest BCUT2D eigenvalue weighted by atomic mass is 16.1. The number of aromatic nitrogens is 3. The average Bonchev–Trinajstić information content (AvgIpc) is 3.18. The van der Waals surface area contributed by atoms with Crippen LogP contribution in [0.5, 0.6) is 0 Å². The Kier molecular flexibility index (Phi) is 4.98. The number of likely N-dealkylation sites (tertiary alicyclic amines) is 1. The number of carbonyl (C=O) groups excluding carboxylic acids is 1. The molecule has 6 heteroatoms. The van der Waals surface area contributed by atoms with Gasteiger partial charge in [0.1, 0.15) is 0 Å². The van der Waals surface area contributed by atoms with Gasteiger partial charge in [-0.15, -0.1) is 5.10 Å². The standard InChI is InChI=1S/C21H23N5O/c22-21(27)18-6-4-5-17(13-18)16-9-11-25(12-10-16)14-19-15-26(24-23-19)20-7-2-1-3-8-20/h1-8,13,15-16H,9-12,14H2,(H2,22,27). The van der Waals surface area contributed by atoms with Gasteiger partial charge in [0.05, 0.1) is 17.6 Å². The van der Waals surface area contributed by atoms with Gasteiger partial charge in [-0.3, -0.25) is 9.69 Å². The van der Waals surface area contributed by atoms with Crippen LogP contribution >= 0.6 is 0 Å². The van der Waals surface area contributed by atoms with E-state index < -0.39 is 0 Å². The van der Waals surface area contributed by atoms with E-state index in [1.807, 2.05) is 53.3 Å². The Morgan fingerprint density at radius 1 is 1.07 bits per heavy atom. The minimum absolute atomic E-state index is 0.365. The van der Waals surface area contributed by atoms with Crippen LogP contribution in [0.15, 0.2) is 60.8 Å². The van der Waals surface area contributed by atoms with E-state index in [0.717, 1.165) is 43.9 Å². The van der Waals surface area contributed by atoms with Crippen LogP contribution in [0.25, 0.3) is 5.69 Å². The number of benzene rings is 2. The van der Waals surface area contributed by atoms with Crippen molar-refractivity contribution in [1.29, 1.82) is 0 Å². The van der Waals surface area contributed by atoms with E-state index in [9.17, 15) is 4.79 Å². The van der Waals surface area contributed by atoms with E-state index in [4.69, 9.17) is 5.73 Å². The van der Waals surface area contributed by atoms with Crippen molar-refractivity contribution in [1.82, 2.24) is 19.9 Å². The lowest BCUT2D eigenvalue weighted by Gasteiger charge is -2.31. The maximum atomic E-state index is 11.4. The zero-order valence-electron chi connectivity index (χ0n) is 15.2. The van der Waals surface area contributed by atoms with Gasteiger partial charge in [0.15, 0.2) is 0 Å². The largest absolute Gasteiger partial charge is 0.366 e. The molecular weight excluding hydrogens is 338 g/mol. The first-order valence-corrected chi connectivity index (χ1v) is 9.28. The summed E-state index contributed by atoms with van der Waals surface area (Å²) in [5.41, 5.74) is 9.20. The molecule has 0 radical (unpaired) electrons. The summed E-state index contributed by atoms with van der Waals surface area (Å²) in [6.45, 7) is 2.81. The third-order valence-corrected chi connectivity index (χ3v) is 5.18. The smallest absolute Gasteiger partial charge is 0.248 e. The van der Waals surface area contributed by atoms with Gasteiger partial charge in [-0.25, -0.2) is 4.68 Å². The van der Waals surface area contributed by atoms with Crippen molar-refractivity contribution in [2.24, 2.45) is 5.73 Å². The lowest BCUT2D eigenvalue weighted by atomic mass is 9.88. The van der Waals surface area contributed by atoms with Crippen molar-refractivity contribution in [3.05, 3.63) is 77.6 Å². The number of hydrogen-bond acceptors (Lipinski definition) is 4. The highest BCUT2D eigenvalue weighted by Crippen LogP contribution is 2.29. The predicted octanol–water partition coefficient (Wildman–Crippen LogP) is 2.75. The van der Waals surface area contributed by atoms with Gasteiger partial charge in [0, 0.05) is 12.1 Å². The topological polar surface area (TPSA) is 77.0 Å². The minimum Gasteiger partial charge on any atom is -0.366 e. The third kappa shape index (κ3) is 4.06. The molecule has 0 bridgehead atoms. The molecule has 1 saturated heterocycles. The Morgan fingerprint density at radius 2 is 1.85 bits per heavy atom. The van der Waals surface area contributed by atoms with Crippen LogP contribution in [0.3, 0.4) is 0 Å². The van der Waals surface area contributed by atoms with E-state index in [1.165, 1.54) is 5.56 Å². The Hall–Kier alpha value is -2.99. The quantitative estimate of drug-likeness (QED) is 0.758. The van der Waals surface area contributed by atoms with Gasteiger partial charge >= 0.3 is 0 Å². The highest BCUT2D eigenvalue weighted by Gasteiger charge is 2.22. The molecule has 1 aliphatic heterocycles. The molecule has 2 heterocycles. The molecule has 0 atom stereocenters. The maximum absolute atomic E-state index is 11.4. The van der Waals surface area contributed by atoms with E-state index in [1.54, 1.807) is 6.07 Å². The molecule has 138 valence electrons. The second-order valence-electron chi connectivity index (χ2n) is 7.03. The summed E-state index contributed by atoms with van der Waals surface area (Å²) in [4.78, 5) is 13.8. The van der Waals surface area contributed by atoms with Crippen LogP contribution in [-0.4, -0.2) is 38.9 Å². The summed E-state index contributed by atoms with van der Waals surface area (Å²) in [5.74, 6) is 0.108.